The first-order valence-electron chi connectivity index (χ1n) is 9.92. The molecule has 1 fully saturated rings. The molecule has 4 rings (SSSR count). The summed E-state index contributed by atoms with van der Waals surface area (Å²) >= 11 is 1.38. The minimum Gasteiger partial charge on any atom is -0.339 e. The quantitative estimate of drug-likeness (QED) is 0.568. The SMILES string of the molecule is Cn1c(SCC(=O)N2CCN(Cc3ccccc3)CC2)nnc1-c1ccc(F)cc1. The molecule has 1 amide bonds. The Hall–Kier alpha value is -2.71. The summed E-state index contributed by atoms with van der Waals surface area (Å²) in [5.74, 6) is 0.809. The molecule has 30 heavy (non-hydrogen) atoms. The van der Waals surface area contributed by atoms with E-state index in [2.05, 4.69) is 39.4 Å². The summed E-state index contributed by atoms with van der Waals surface area (Å²) in [6, 6.07) is 16.6. The first-order chi connectivity index (χ1) is 14.6. The summed E-state index contributed by atoms with van der Waals surface area (Å²) in [6.45, 7) is 4.16. The Kier molecular flexibility index (Phi) is 6.44. The van der Waals surface area contributed by atoms with Crippen molar-refractivity contribution in [1.29, 1.82) is 0 Å². The Morgan fingerprint density at radius 1 is 1.00 bits per heavy atom. The molecule has 0 radical (unpaired) electrons. The van der Waals surface area contributed by atoms with Crippen LogP contribution < -0.4 is 0 Å². The molecule has 3 aromatic rings. The van der Waals surface area contributed by atoms with Gasteiger partial charge in [0.15, 0.2) is 11.0 Å². The van der Waals surface area contributed by atoms with Gasteiger partial charge < -0.3 is 9.47 Å². The van der Waals surface area contributed by atoms with Crippen LogP contribution in [-0.2, 0) is 18.4 Å². The predicted octanol–water partition coefficient (Wildman–Crippen LogP) is 3.06. The van der Waals surface area contributed by atoms with Crippen LogP contribution in [0.4, 0.5) is 4.39 Å². The van der Waals surface area contributed by atoms with Crippen LogP contribution in [0.25, 0.3) is 11.4 Å². The summed E-state index contributed by atoms with van der Waals surface area (Å²) in [7, 11) is 1.86. The Bertz CT molecular complexity index is 985. The monoisotopic (exact) mass is 425 g/mol. The molecular weight excluding hydrogens is 401 g/mol. The summed E-state index contributed by atoms with van der Waals surface area (Å²) in [5.41, 5.74) is 2.09. The molecule has 1 aliphatic rings. The van der Waals surface area contributed by atoms with Crippen LogP contribution in [-0.4, -0.2) is 62.4 Å². The molecular formula is C22H24FN5OS. The zero-order valence-electron chi connectivity index (χ0n) is 16.9. The average molecular weight is 426 g/mol. The first kappa shape index (κ1) is 20.6. The molecule has 0 aliphatic carbocycles. The molecule has 2 heterocycles. The highest BCUT2D eigenvalue weighted by Crippen LogP contribution is 2.23. The van der Waals surface area contributed by atoms with Crippen molar-refractivity contribution in [3.8, 4) is 11.4 Å². The molecule has 1 aromatic heterocycles. The zero-order chi connectivity index (χ0) is 20.9. The van der Waals surface area contributed by atoms with Crippen molar-refractivity contribution >= 4 is 17.7 Å². The van der Waals surface area contributed by atoms with E-state index in [1.807, 2.05) is 22.6 Å². The van der Waals surface area contributed by atoms with Gasteiger partial charge in [-0.3, -0.25) is 9.69 Å². The van der Waals surface area contributed by atoms with Gasteiger partial charge in [0.2, 0.25) is 5.91 Å². The third-order valence-electron chi connectivity index (χ3n) is 5.24. The van der Waals surface area contributed by atoms with Crippen molar-refractivity contribution in [2.45, 2.75) is 11.7 Å². The van der Waals surface area contributed by atoms with Crippen LogP contribution in [0.1, 0.15) is 5.56 Å². The van der Waals surface area contributed by atoms with E-state index < -0.39 is 0 Å². The van der Waals surface area contributed by atoms with Gasteiger partial charge in [-0.2, -0.15) is 0 Å². The third-order valence-corrected chi connectivity index (χ3v) is 6.24. The number of carbonyl (C=O) groups excluding carboxylic acids is 1. The van der Waals surface area contributed by atoms with Gasteiger partial charge in [0.05, 0.1) is 5.75 Å². The number of aromatic nitrogens is 3. The van der Waals surface area contributed by atoms with Crippen molar-refractivity contribution in [3.63, 3.8) is 0 Å². The van der Waals surface area contributed by atoms with Gasteiger partial charge in [-0.15, -0.1) is 10.2 Å². The molecule has 0 unspecified atom stereocenters. The van der Waals surface area contributed by atoms with Crippen LogP contribution in [0.15, 0.2) is 59.8 Å². The summed E-state index contributed by atoms with van der Waals surface area (Å²) in [5, 5.41) is 9.06. The number of piperazine rings is 1. The van der Waals surface area contributed by atoms with Crippen molar-refractivity contribution in [1.82, 2.24) is 24.6 Å². The van der Waals surface area contributed by atoms with Crippen LogP contribution in [0.2, 0.25) is 0 Å². The van der Waals surface area contributed by atoms with E-state index in [4.69, 9.17) is 0 Å². The Morgan fingerprint density at radius 3 is 2.40 bits per heavy atom. The predicted molar refractivity (Wildman–Crippen MR) is 115 cm³/mol. The molecule has 0 N–H and O–H groups in total. The standard InChI is InChI=1S/C22H24FN5OS/c1-26-21(18-7-9-19(23)10-8-18)24-25-22(26)30-16-20(29)28-13-11-27(12-14-28)15-17-5-3-2-4-6-17/h2-10H,11-16H2,1H3. The lowest BCUT2D eigenvalue weighted by Gasteiger charge is -2.34. The van der Waals surface area contributed by atoms with Gasteiger partial charge in [-0.05, 0) is 29.8 Å². The summed E-state index contributed by atoms with van der Waals surface area (Å²) < 4.78 is 15.0. The summed E-state index contributed by atoms with van der Waals surface area (Å²) in [4.78, 5) is 17.0. The van der Waals surface area contributed by atoms with Gasteiger partial charge in [0.25, 0.3) is 0 Å². The Morgan fingerprint density at radius 2 is 1.70 bits per heavy atom. The molecule has 2 aromatic carbocycles. The maximum absolute atomic E-state index is 13.1. The Balaban J connectivity index is 1.28. The van der Waals surface area contributed by atoms with E-state index in [0.717, 1.165) is 38.3 Å². The number of thioether (sulfide) groups is 1. The highest BCUT2D eigenvalue weighted by Gasteiger charge is 2.22. The molecule has 8 heteroatoms. The fraction of sp³-hybridized carbons (Fsp3) is 0.318. The van der Waals surface area contributed by atoms with E-state index in [1.165, 1.54) is 29.5 Å². The van der Waals surface area contributed by atoms with Crippen LogP contribution in [0.3, 0.4) is 0 Å². The van der Waals surface area contributed by atoms with Crippen molar-refractivity contribution in [2.75, 3.05) is 31.9 Å². The van der Waals surface area contributed by atoms with Crippen LogP contribution >= 0.6 is 11.8 Å². The number of hydrogen-bond acceptors (Lipinski definition) is 5. The molecule has 0 atom stereocenters. The van der Waals surface area contributed by atoms with Crippen LogP contribution in [0.5, 0.6) is 0 Å². The van der Waals surface area contributed by atoms with E-state index >= 15 is 0 Å². The van der Waals surface area contributed by atoms with Crippen molar-refractivity contribution in [3.05, 3.63) is 66.0 Å². The molecule has 0 saturated carbocycles. The normalized spacial score (nSPS) is 14.8. The second kappa shape index (κ2) is 9.40. The maximum atomic E-state index is 13.1. The van der Waals surface area contributed by atoms with E-state index in [0.29, 0.717) is 16.7 Å². The second-order valence-corrected chi connectivity index (χ2v) is 8.25. The van der Waals surface area contributed by atoms with Gasteiger partial charge in [-0.25, -0.2) is 4.39 Å². The first-order valence-corrected chi connectivity index (χ1v) is 10.9. The zero-order valence-corrected chi connectivity index (χ0v) is 17.7. The summed E-state index contributed by atoms with van der Waals surface area (Å²) in [6.07, 6.45) is 0. The fourth-order valence-electron chi connectivity index (χ4n) is 3.51. The van der Waals surface area contributed by atoms with Gasteiger partial charge in [0, 0.05) is 45.3 Å². The number of benzene rings is 2. The topological polar surface area (TPSA) is 54.3 Å². The molecule has 6 nitrogen and oxygen atoms in total. The minimum atomic E-state index is -0.287. The van der Waals surface area contributed by atoms with Crippen molar-refractivity contribution < 1.29 is 9.18 Å². The highest BCUT2D eigenvalue weighted by molar-refractivity contribution is 7.99. The third kappa shape index (κ3) is 4.88. The lowest BCUT2D eigenvalue weighted by Crippen LogP contribution is -2.48. The second-order valence-electron chi connectivity index (χ2n) is 7.30. The molecule has 0 bridgehead atoms. The largest absolute Gasteiger partial charge is 0.339 e. The lowest BCUT2D eigenvalue weighted by atomic mass is 10.2. The van der Waals surface area contributed by atoms with Crippen LogP contribution in [0, 0.1) is 5.82 Å². The molecule has 1 aliphatic heterocycles. The van der Waals surface area contributed by atoms with Crippen molar-refractivity contribution in [2.24, 2.45) is 7.05 Å². The van der Waals surface area contributed by atoms with Gasteiger partial charge in [-0.1, -0.05) is 42.1 Å². The maximum Gasteiger partial charge on any atom is 0.233 e. The smallest absolute Gasteiger partial charge is 0.233 e. The molecule has 0 spiro atoms. The average Bonchev–Trinajstić information content (AvgIpc) is 3.14. The molecule has 1 saturated heterocycles. The molecule has 156 valence electrons. The van der Waals surface area contributed by atoms with E-state index in [1.54, 1.807) is 12.1 Å². The lowest BCUT2D eigenvalue weighted by molar-refractivity contribution is -0.130. The minimum absolute atomic E-state index is 0.116. The fourth-order valence-corrected chi connectivity index (χ4v) is 4.32. The number of nitrogens with zero attached hydrogens (tertiary/aromatic N) is 5. The highest BCUT2D eigenvalue weighted by atomic mass is 32.2. The number of amides is 1. The van der Waals surface area contributed by atoms with Gasteiger partial charge in [0.1, 0.15) is 5.82 Å². The number of carbonyl (C=O) groups is 1. The van der Waals surface area contributed by atoms with E-state index in [9.17, 15) is 9.18 Å². The number of hydrogen-bond donors (Lipinski definition) is 0. The Labute approximate surface area is 179 Å². The van der Waals surface area contributed by atoms with Gasteiger partial charge >= 0.3 is 0 Å². The number of halogens is 1. The van der Waals surface area contributed by atoms with E-state index in [-0.39, 0.29) is 11.7 Å². The number of rotatable bonds is 6.